The van der Waals surface area contributed by atoms with Crippen LogP contribution in [0.2, 0.25) is 5.02 Å². The first-order valence-corrected chi connectivity index (χ1v) is 9.92. The molecule has 0 saturated carbocycles. The highest BCUT2D eigenvalue weighted by molar-refractivity contribution is 6.31. The third-order valence-corrected chi connectivity index (χ3v) is 5.99. The molecule has 3 N–H and O–H groups in total. The molecule has 5 nitrogen and oxygen atoms in total. The third-order valence-electron chi connectivity index (χ3n) is 5.66. The molecule has 0 bridgehead atoms. The van der Waals surface area contributed by atoms with Crippen LogP contribution in [-0.4, -0.2) is 42.2 Å². The highest BCUT2D eigenvalue weighted by Gasteiger charge is 2.38. The minimum Gasteiger partial charge on any atom is -0.351 e. The van der Waals surface area contributed by atoms with Crippen LogP contribution in [0.4, 0.5) is 5.95 Å². The molecule has 8 heteroatoms. The second-order valence-electron chi connectivity index (χ2n) is 7.25. The summed E-state index contributed by atoms with van der Waals surface area (Å²) >= 11 is 6.61. The molecule has 154 valence electrons. The minimum atomic E-state index is -0.156. The molecule has 0 atom stereocenters. The van der Waals surface area contributed by atoms with Crippen molar-refractivity contribution in [1.29, 1.82) is 0 Å². The zero-order valence-corrected chi connectivity index (χ0v) is 18.2. The highest BCUT2D eigenvalue weighted by atomic mass is 35.5. The largest absolute Gasteiger partial charge is 0.351 e. The molecule has 2 aliphatic heterocycles. The second kappa shape index (κ2) is 10.6. The first-order chi connectivity index (χ1) is 12.8. The van der Waals surface area contributed by atoms with Gasteiger partial charge in [-0.25, -0.2) is 9.97 Å². The number of rotatable bonds is 4. The number of hydrogen-bond donors (Lipinski definition) is 3. The normalized spacial score (nSPS) is 19.2. The van der Waals surface area contributed by atoms with Crippen molar-refractivity contribution >= 4 is 42.4 Å². The van der Waals surface area contributed by atoms with Crippen molar-refractivity contribution in [2.24, 2.45) is 0 Å². The number of nitrogens with zero attached hydrogens (tertiary/aromatic N) is 2. The molecular weight excluding hydrogens is 417 g/mol. The predicted octanol–water partition coefficient (Wildman–Crippen LogP) is 3.81. The van der Waals surface area contributed by atoms with E-state index in [-0.39, 0.29) is 30.2 Å². The maximum Gasteiger partial charge on any atom is 0.223 e. The van der Waals surface area contributed by atoms with Gasteiger partial charge in [-0.1, -0.05) is 29.8 Å². The van der Waals surface area contributed by atoms with Crippen LogP contribution in [0, 0.1) is 0 Å². The Morgan fingerprint density at radius 3 is 2.36 bits per heavy atom. The monoisotopic (exact) mass is 443 g/mol. The van der Waals surface area contributed by atoms with Gasteiger partial charge in [0.25, 0.3) is 0 Å². The van der Waals surface area contributed by atoms with E-state index in [4.69, 9.17) is 16.6 Å². The zero-order valence-electron chi connectivity index (χ0n) is 15.8. The molecule has 2 fully saturated rings. The topological polar surface area (TPSA) is 61.9 Å². The van der Waals surface area contributed by atoms with Gasteiger partial charge in [-0.2, -0.15) is 0 Å². The summed E-state index contributed by atoms with van der Waals surface area (Å²) in [7, 11) is 0. The number of piperidine rings is 2. The van der Waals surface area contributed by atoms with Crippen LogP contribution < -0.4 is 16.0 Å². The van der Waals surface area contributed by atoms with Crippen LogP contribution >= 0.6 is 36.4 Å². The van der Waals surface area contributed by atoms with Crippen LogP contribution in [0.5, 0.6) is 0 Å². The number of benzene rings is 1. The first kappa shape index (κ1) is 23.2. The molecule has 3 heterocycles. The van der Waals surface area contributed by atoms with Crippen LogP contribution in [0.15, 0.2) is 36.5 Å². The summed E-state index contributed by atoms with van der Waals surface area (Å²) in [5.41, 5.74) is 2.09. The van der Waals surface area contributed by atoms with Gasteiger partial charge in [0.05, 0.1) is 5.69 Å². The fourth-order valence-electron chi connectivity index (χ4n) is 4.21. The molecular formula is C20H28Cl3N5. The Bertz CT molecular complexity index is 746. The Hall–Kier alpha value is -1.11. The van der Waals surface area contributed by atoms with Gasteiger partial charge < -0.3 is 16.0 Å². The van der Waals surface area contributed by atoms with E-state index in [0.717, 1.165) is 68.5 Å². The number of nitrogens with one attached hydrogen (secondary N) is 3. The SMILES string of the molecule is Cl.Cl.Clc1ccccc1C1(c2ccnc(NC3CCNCC3)n2)CCNCC1. The molecule has 1 aromatic carbocycles. The first-order valence-electron chi connectivity index (χ1n) is 9.54. The summed E-state index contributed by atoms with van der Waals surface area (Å²) in [6, 6.07) is 10.7. The molecule has 0 aliphatic carbocycles. The van der Waals surface area contributed by atoms with Gasteiger partial charge in [0.15, 0.2) is 0 Å². The van der Waals surface area contributed by atoms with E-state index >= 15 is 0 Å². The standard InChI is InChI=1S/C20H26ClN5.2ClH/c21-17-4-2-1-3-16(17)20(8-13-23-14-9-20)18-7-12-24-19(26-18)25-15-5-10-22-11-6-15;;/h1-4,7,12,15,22-23H,5-6,8-11,13-14H2,(H,24,25,26);2*1H. The fourth-order valence-corrected chi connectivity index (χ4v) is 4.53. The lowest BCUT2D eigenvalue weighted by molar-refractivity contribution is 0.354. The maximum atomic E-state index is 6.61. The summed E-state index contributed by atoms with van der Waals surface area (Å²) in [6.07, 6.45) is 6.06. The van der Waals surface area contributed by atoms with Gasteiger partial charge in [-0.3, -0.25) is 0 Å². The number of anilines is 1. The lowest BCUT2D eigenvalue weighted by Gasteiger charge is -2.38. The molecule has 2 aliphatic rings. The van der Waals surface area contributed by atoms with Gasteiger partial charge in [0.2, 0.25) is 5.95 Å². The predicted molar refractivity (Wildman–Crippen MR) is 120 cm³/mol. The summed E-state index contributed by atoms with van der Waals surface area (Å²) in [6.45, 7) is 4.03. The van der Waals surface area contributed by atoms with Crippen molar-refractivity contribution in [3.63, 3.8) is 0 Å². The van der Waals surface area contributed by atoms with Crippen molar-refractivity contribution in [3.05, 3.63) is 52.8 Å². The lowest BCUT2D eigenvalue weighted by Crippen LogP contribution is -2.42. The molecule has 0 unspecified atom stereocenters. The molecule has 2 aromatic rings. The molecule has 4 rings (SSSR count). The smallest absolute Gasteiger partial charge is 0.223 e. The average molecular weight is 445 g/mol. The van der Waals surface area contributed by atoms with Crippen LogP contribution in [0.3, 0.4) is 0 Å². The molecule has 28 heavy (non-hydrogen) atoms. The maximum absolute atomic E-state index is 6.61. The van der Waals surface area contributed by atoms with E-state index in [1.54, 1.807) is 0 Å². The lowest BCUT2D eigenvalue weighted by atomic mass is 9.70. The van der Waals surface area contributed by atoms with E-state index in [2.05, 4.69) is 39.1 Å². The third kappa shape index (κ3) is 4.89. The Morgan fingerprint density at radius 2 is 1.64 bits per heavy atom. The number of hydrogen-bond acceptors (Lipinski definition) is 5. The summed E-state index contributed by atoms with van der Waals surface area (Å²) < 4.78 is 0. The van der Waals surface area contributed by atoms with E-state index in [1.165, 1.54) is 5.56 Å². The second-order valence-corrected chi connectivity index (χ2v) is 7.65. The van der Waals surface area contributed by atoms with E-state index < -0.39 is 0 Å². The number of aromatic nitrogens is 2. The molecule has 1 aromatic heterocycles. The van der Waals surface area contributed by atoms with Crippen LogP contribution in [0.1, 0.15) is 36.9 Å². The zero-order chi connectivity index (χ0) is 17.8. The van der Waals surface area contributed by atoms with Gasteiger partial charge in [0.1, 0.15) is 0 Å². The van der Waals surface area contributed by atoms with E-state index in [0.29, 0.717) is 6.04 Å². The summed E-state index contributed by atoms with van der Waals surface area (Å²) in [5.74, 6) is 0.736. The van der Waals surface area contributed by atoms with Crippen molar-refractivity contribution in [2.75, 3.05) is 31.5 Å². The Labute approximate surface area is 184 Å². The fraction of sp³-hybridized carbons (Fsp3) is 0.500. The van der Waals surface area contributed by atoms with Crippen LogP contribution in [-0.2, 0) is 5.41 Å². The highest BCUT2D eigenvalue weighted by Crippen LogP contribution is 2.42. The molecule has 0 radical (unpaired) electrons. The Balaban J connectivity index is 0.00000140. The van der Waals surface area contributed by atoms with Gasteiger partial charge in [-0.15, -0.1) is 24.8 Å². The van der Waals surface area contributed by atoms with Gasteiger partial charge >= 0.3 is 0 Å². The van der Waals surface area contributed by atoms with Gasteiger partial charge in [-0.05, 0) is 69.6 Å². The molecule has 2 saturated heterocycles. The van der Waals surface area contributed by atoms with Gasteiger partial charge in [0, 0.05) is 22.7 Å². The van der Waals surface area contributed by atoms with Crippen LogP contribution in [0.25, 0.3) is 0 Å². The van der Waals surface area contributed by atoms with Crippen molar-refractivity contribution in [3.8, 4) is 0 Å². The Kier molecular flexibility index (Phi) is 8.78. The molecule has 0 spiro atoms. The molecule has 0 amide bonds. The Morgan fingerprint density at radius 1 is 0.964 bits per heavy atom. The van der Waals surface area contributed by atoms with E-state index in [1.807, 2.05) is 18.3 Å². The summed E-state index contributed by atoms with van der Waals surface area (Å²) in [5, 5.41) is 11.2. The van der Waals surface area contributed by atoms with Crippen molar-refractivity contribution < 1.29 is 0 Å². The number of halogens is 3. The average Bonchev–Trinajstić information content (AvgIpc) is 2.70. The van der Waals surface area contributed by atoms with E-state index in [9.17, 15) is 0 Å². The minimum absolute atomic E-state index is 0. The quantitative estimate of drug-likeness (QED) is 0.669. The summed E-state index contributed by atoms with van der Waals surface area (Å²) in [4.78, 5) is 9.44. The van der Waals surface area contributed by atoms with Crippen molar-refractivity contribution in [2.45, 2.75) is 37.1 Å². The van der Waals surface area contributed by atoms with Crippen molar-refractivity contribution in [1.82, 2.24) is 20.6 Å².